The third-order valence-electron chi connectivity index (χ3n) is 2.99. The molecule has 1 fully saturated rings. The second-order valence-electron chi connectivity index (χ2n) is 4.40. The Bertz CT molecular complexity index is 471. The standard InChI is InChI=1S/C13H16N2S2/c1-2-10-5-6-11(17-10)12(15-9-3-4-9)13-14-7-8-16-13/h5-9,12,15H,2-4H2,1H3. The van der Waals surface area contributed by atoms with Gasteiger partial charge in [-0.05, 0) is 31.4 Å². The van der Waals surface area contributed by atoms with Crippen molar-refractivity contribution in [2.45, 2.75) is 38.3 Å². The van der Waals surface area contributed by atoms with E-state index < -0.39 is 0 Å². The third kappa shape index (κ3) is 2.59. The minimum absolute atomic E-state index is 0.313. The van der Waals surface area contributed by atoms with E-state index >= 15 is 0 Å². The molecule has 0 aromatic carbocycles. The van der Waals surface area contributed by atoms with Gasteiger partial charge in [-0.3, -0.25) is 0 Å². The van der Waals surface area contributed by atoms with Crippen molar-refractivity contribution in [3.05, 3.63) is 38.5 Å². The highest BCUT2D eigenvalue weighted by Crippen LogP contribution is 2.33. The molecule has 90 valence electrons. The molecule has 3 rings (SSSR count). The molecule has 0 amide bonds. The Hall–Kier alpha value is -0.710. The number of hydrogen-bond donors (Lipinski definition) is 1. The molecule has 1 N–H and O–H groups in total. The number of nitrogens with zero attached hydrogens (tertiary/aromatic N) is 1. The molecule has 0 bridgehead atoms. The van der Waals surface area contributed by atoms with Crippen molar-refractivity contribution in [2.24, 2.45) is 0 Å². The Morgan fingerprint density at radius 1 is 1.47 bits per heavy atom. The maximum atomic E-state index is 4.47. The molecule has 2 aromatic heterocycles. The Labute approximate surface area is 110 Å². The van der Waals surface area contributed by atoms with Gasteiger partial charge in [-0.2, -0.15) is 0 Å². The predicted octanol–water partition coefficient (Wildman–Crippen LogP) is 3.61. The van der Waals surface area contributed by atoms with E-state index in [0.29, 0.717) is 12.1 Å². The van der Waals surface area contributed by atoms with Crippen molar-refractivity contribution in [3.63, 3.8) is 0 Å². The molecule has 1 atom stereocenters. The maximum Gasteiger partial charge on any atom is 0.115 e. The van der Waals surface area contributed by atoms with Crippen LogP contribution in [0.5, 0.6) is 0 Å². The van der Waals surface area contributed by atoms with Crippen molar-refractivity contribution >= 4 is 22.7 Å². The fourth-order valence-electron chi connectivity index (χ4n) is 1.88. The van der Waals surface area contributed by atoms with Crippen LogP contribution in [0.2, 0.25) is 0 Å². The van der Waals surface area contributed by atoms with Crippen LogP contribution in [0, 0.1) is 0 Å². The average molecular weight is 264 g/mol. The molecule has 1 saturated carbocycles. The molecule has 1 aliphatic carbocycles. The first kappa shape index (κ1) is 11.4. The van der Waals surface area contributed by atoms with E-state index in [1.165, 1.54) is 27.6 Å². The largest absolute Gasteiger partial charge is 0.301 e. The lowest BCUT2D eigenvalue weighted by molar-refractivity contribution is 0.606. The smallest absolute Gasteiger partial charge is 0.115 e. The highest BCUT2D eigenvalue weighted by atomic mass is 32.1. The van der Waals surface area contributed by atoms with Crippen LogP contribution in [0.4, 0.5) is 0 Å². The summed E-state index contributed by atoms with van der Waals surface area (Å²) in [4.78, 5) is 7.34. The zero-order valence-corrected chi connectivity index (χ0v) is 11.5. The Kier molecular flexibility index (Phi) is 3.27. The third-order valence-corrected chi connectivity index (χ3v) is 5.13. The molecule has 2 heterocycles. The Balaban J connectivity index is 1.86. The van der Waals surface area contributed by atoms with Gasteiger partial charge in [-0.15, -0.1) is 22.7 Å². The molecule has 1 unspecified atom stereocenters. The normalized spacial score (nSPS) is 17.2. The zero-order chi connectivity index (χ0) is 11.7. The van der Waals surface area contributed by atoms with E-state index in [1.54, 1.807) is 11.3 Å². The second-order valence-corrected chi connectivity index (χ2v) is 6.53. The number of aryl methyl sites for hydroxylation is 1. The summed E-state index contributed by atoms with van der Waals surface area (Å²) in [6, 6.07) is 5.52. The van der Waals surface area contributed by atoms with E-state index in [-0.39, 0.29) is 0 Å². The number of hydrogen-bond acceptors (Lipinski definition) is 4. The lowest BCUT2D eigenvalue weighted by Crippen LogP contribution is -2.23. The molecule has 1 aliphatic rings. The van der Waals surface area contributed by atoms with Crippen LogP contribution in [0.25, 0.3) is 0 Å². The van der Waals surface area contributed by atoms with Crippen LogP contribution in [0.3, 0.4) is 0 Å². The van der Waals surface area contributed by atoms with Gasteiger partial charge in [0.25, 0.3) is 0 Å². The number of thiazole rings is 1. The van der Waals surface area contributed by atoms with E-state index in [1.807, 2.05) is 17.5 Å². The first-order valence-corrected chi connectivity index (χ1v) is 7.80. The van der Waals surface area contributed by atoms with Crippen molar-refractivity contribution in [1.29, 1.82) is 0 Å². The van der Waals surface area contributed by atoms with Gasteiger partial charge in [0.15, 0.2) is 0 Å². The number of aromatic nitrogens is 1. The van der Waals surface area contributed by atoms with Gasteiger partial charge in [0.05, 0.1) is 6.04 Å². The van der Waals surface area contributed by atoms with Gasteiger partial charge in [0, 0.05) is 27.4 Å². The number of rotatable bonds is 5. The number of nitrogens with one attached hydrogen (secondary N) is 1. The lowest BCUT2D eigenvalue weighted by Gasteiger charge is -2.14. The van der Waals surface area contributed by atoms with E-state index in [9.17, 15) is 0 Å². The summed E-state index contributed by atoms with van der Waals surface area (Å²) in [5.74, 6) is 0. The van der Waals surface area contributed by atoms with Gasteiger partial charge in [0.2, 0.25) is 0 Å². The van der Waals surface area contributed by atoms with Crippen LogP contribution in [-0.4, -0.2) is 11.0 Å². The van der Waals surface area contributed by atoms with Crippen LogP contribution < -0.4 is 5.32 Å². The van der Waals surface area contributed by atoms with Crippen LogP contribution in [-0.2, 0) is 6.42 Å². The summed E-state index contributed by atoms with van der Waals surface area (Å²) in [6.07, 6.45) is 5.65. The molecule has 17 heavy (non-hydrogen) atoms. The highest BCUT2D eigenvalue weighted by Gasteiger charge is 2.28. The summed E-state index contributed by atoms with van der Waals surface area (Å²) in [7, 11) is 0. The van der Waals surface area contributed by atoms with Crippen molar-refractivity contribution in [2.75, 3.05) is 0 Å². The van der Waals surface area contributed by atoms with E-state index in [0.717, 1.165) is 6.42 Å². The lowest BCUT2D eigenvalue weighted by atomic mass is 10.2. The molecular formula is C13H16N2S2. The monoisotopic (exact) mass is 264 g/mol. The highest BCUT2D eigenvalue weighted by molar-refractivity contribution is 7.12. The Morgan fingerprint density at radius 3 is 2.94 bits per heavy atom. The van der Waals surface area contributed by atoms with Crippen LogP contribution in [0.1, 0.15) is 40.6 Å². The Morgan fingerprint density at radius 2 is 2.35 bits per heavy atom. The summed E-state index contributed by atoms with van der Waals surface area (Å²) in [5, 5.41) is 6.96. The van der Waals surface area contributed by atoms with E-state index in [2.05, 4.69) is 34.7 Å². The van der Waals surface area contributed by atoms with Gasteiger partial charge >= 0.3 is 0 Å². The van der Waals surface area contributed by atoms with Gasteiger partial charge in [-0.1, -0.05) is 6.92 Å². The van der Waals surface area contributed by atoms with Gasteiger partial charge in [-0.25, -0.2) is 4.98 Å². The summed E-state index contributed by atoms with van der Waals surface area (Å²) in [5.41, 5.74) is 0. The first-order valence-electron chi connectivity index (χ1n) is 6.11. The average Bonchev–Trinajstić information content (AvgIpc) is 2.87. The summed E-state index contributed by atoms with van der Waals surface area (Å²) < 4.78 is 0. The molecule has 0 saturated heterocycles. The van der Waals surface area contributed by atoms with Crippen LogP contribution in [0.15, 0.2) is 23.7 Å². The molecule has 2 aromatic rings. The van der Waals surface area contributed by atoms with Gasteiger partial charge in [0.1, 0.15) is 5.01 Å². The molecule has 2 nitrogen and oxygen atoms in total. The van der Waals surface area contributed by atoms with Crippen molar-refractivity contribution in [1.82, 2.24) is 10.3 Å². The number of thiophene rings is 1. The summed E-state index contributed by atoms with van der Waals surface area (Å²) in [6.45, 7) is 2.21. The maximum absolute atomic E-state index is 4.47. The van der Waals surface area contributed by atoms with Crippen molar-refractivity contribution < 1.29 is 0 Å². The summed E-state index contributed by atoms with van der Waals surface area (Å²) >= 11 is 3.66. The molecule has 0 aliphatic heterocycles. The molecule has 4 heteroatoms. The minimum Gasteiger partial charge on any atom is -0.301 e. The quantitative estimate of drug-likeness (QED) is 0.892. The van der Waals surface area contributed by atoms with Crippen molar-refractivity contribution in [3.8, 4) is 0 Å². The molecule has 0 spiro atoms. The topological polar surface area (TPSA) is 24.9 Å². The molecule has 0 radical (unpaired) electrons. The van der Waals surface area contributed by atoms with Crippen LogP contribution >= 0.6 is 22.7 Å². The molecular weight excluding hydrogens is 248 g/mol. The second kappa shape index (κ2) is 4.88. The predicted molar refractivity (Wildman–Crippen MR) is 73.8 cm³/mol. The SMILES string of the molecule is CCc1ccc(C(NC2CC2)c2nccs2)s1. The zero-order valence-electron chi connectivity index (χ0n) is 9.85. The van der Waals surface area contributed by atoms with E-state index in [4.69, 9.17) is 0 Å². The fourth-order valence-corrected chi connectivity index (χ4v) is 3.68. The van der Waals surface area contributed by atoms with Gasteiger partial charge < -0.3 is 5.32 Å². The minimum atomic E-state index is 0.313. The first-order chi connectivity index (χ1) is 8.36. The fraction of sp³-hybridized carbons (Fsp3) is 0.462.